The molecule has 0 atom stereocenters. The van der Waals surface area contributed by atoms with Crippen molar-refractivity contribution in [3.05, 3.63) is 59.9 Å². The van der Waals surface area contributed by atoms with Gasteiger partial charge in [0.25, 0.3) is 0 Å². The molecule has 6 nitrogen and oxygen atoms in total. The Morgan fingerprint density at radius 1 is 1.07 bits per heavy atom. The van der Waals surface area contributed by atoms with E-state index in [1.165, 1.54) is 17.7 Å². The highest BCUT2D eigenvalue weighted by atomic mass is 127. The van der Waals surface area contributed by atoms with E-state index in [9.17, 15) is 9.18 Å². The zero-order valence-corrected chi connectivity index (χ0v) is 19.5. The Morgan fingerprint density at radius 3 is 2.30 bits per heavy atom. The molecule has 0 aliphatic carbocycles. The number of guanidine groups is 1. The highest BCUT2D eigenvalue weighted by Gasteiger charge is 2.20. The summed E-state index contributed by atoms with van der Waals surface area (Å²) < 4.78 is 13.1. The van der Waals surface area contributed by atoms with Crippen molar-refractivity contribution < 1.29 is 9.18 Å². The van der Waals surface area contributed by atoms with E-state index in [4.69, 9.17) is 5.73 Å². The third-order valence-corrected chi connectivity index (χ3v) is 5.07. The summed E-state index contributed by atoms with van der Waals surface area (Å²) in [7, 11) is 0. The van der Waals surface area contributed by atoms with Gasteiger partial charge in [0.15, 0.2) is 5.96 Å². The average Bonchev–Trinajstić information content (AvgIpc) is 2.75. The van der Waals surface area contributed by atoms with Crippen molar-refractivity contribution in [3.63, 3.8) is 0 Å². The van der Waals surface area contributed by atoms with Gasteiger partial charge in [0.2, 0.25) is 5.91 Å². The maximum absolute atomic E-state index is 13.1. The molecule has 1 aliphatic heterocycles. The number of nitrogens with two attached hydrogens (primary N) is 1. The highest BCUT2D eigenvalue weighted by molar-refractivity contribution is 14.0. The van der Waals surface area contributed by atoms with Crippen LogP contribution in [0.15, 0.2) is 53.5 Å². The first-order valence-corrected chi connectivity index (χ1v) is 9.99. The number of amides is 1. The predicted molar refractivity (Wildman–Crippen MR) is 131 cm³/mol. The second kappa shape index (κ2) is 11.7. The maximum atomic E-state index is 13.1. The summed E-state index contributed by atoms with van der Waals surface area (Å²) in [6.45, 7) is 5.23. The molecular formula is C22H29FIN5O. The Kier molecular flexibility index (Phi) is 9.35. The normalized spacial score (nSPS) is 14.3. The number of piperazine rings is 1. The number of hydrogen-bond acceptors (Lipinski definition) is 3. The molecule has 2 aromatic rings. The van der Waals surface area contributed by atoms with Crippen molar-refractivity contribution in [2.45, 2.75) is 19.8 Å². The van der Waals surface area contributed by atoms with Gasteiger partial charge in [0.1, 0.15) is 5.82 Å². The van der Waals surface area contributed by atoms with Crippen LogP contribution in [0.3, 0.4) is 0 Å². The number of halogens is 2. The standard InChI is InChI=1S/C22H28FN5O.HI/c1-2-17-3-7-19(8-4-17)26-22(24)25-12-11-21(29)28-15-13-27(14-16-28)20-9-5-18(23)6-10-20;/h3-10H,2,11-16H2,1H3,(H3,24,25,26);1H. The molecule has 2 aromatic carbocycles. The molecule has 0 spiro atoms. The molecule has 1 heterocycles. The molecular weight excluding hydrogens is 496 g/mol. The SMILES string of the molecule is CCc1ccc(NC(N)=NCCC(=O)N2CCN(c3ccc(F)cc3)CC2)cc1.I. The van der Waals surface area contributed by atoms with Gasteiger partial charge in [-0.2, -0.15) is 0 Å². The van der Waals surface area contributed by atoms with Crippen LogP contribution in [0.5, 0.6) is 0 Å². The topological polar surface area (TPSA) is 74.0 Å². The van der Waals surface area contributed by atoms with Crippen molar-refractivity contribution in [2.75, 3.05) is 42.9 Å². The fourth-order valence-electron chi connectivity index (χ4n) is 3.31. The minimum atomic E-state index is -0.241. The Hall–Kier alpha value is -2.36. The number of aryl methyl sites for hydroxylation is 1. The van der Waals surface area contributed by atoms with Crippen LogP contribution in [0.25, 0.3) is 0 Å². The number of hydrogen-bond donors (Lipinski definition) is 2. The number of nitrogens with zero attached hydrogens (tertiary/aromatic N) is 3. The van der Waals surface area contributed by atoms with Crippen molar-refractivity contribution in [1.29, 1.82) is 0 Å². The minimum absolute atomic E-state index is 0. The highest BCUT2D eigenvalue weighted by Crippen LogP contribution is 2.17. The van der Waals surface area contributed by atoms with Crippen molar-refractivity contribution in [3.8, 4) is 0 Å². The largest absolute Gasteiger partial charge is 0.370 e. The molecule has 3 rings (SSSR count). The summed E-state index contributed by atoms with van der Waals surface area (Å²) in [6, 6.07) is 14.5. The van der Waals surface area contributed by atoms with E-state index in [0.29, 0.717) is 32.0 Å². The van der Waals surface area contributed by atoms with Crippen LogP contribution in [0.4, 0.5) is 15.8 Å². The van der Waals surface area contributed by atoms with E-state index >= 15 is 0 Å². The van der Waals surface area contributed by atoms with Gasteiger partial charge in [0, 0.05) is 44.0 Å². The number of rotatable bonds is 6. The quantitative estimate of drug-likeness (QED) is 0.344. The summed E-state index contributed by atoms with van der Waals surface area (Å²) in [6.07, 6.45) is 1.32. The molecule has 1 saturated heterocycles. The third-order valence-electron chi connectivity index (χ3n) is 5.07. The minimum Gasteiger partial charge on any atom is -0.370 e. The van der Waals surface area contributed by atoms with Crippen molar-refractivity contribution in [2.24, 2.45) is 10.7 Å². The van der Waals surface area contributed by atoms with Gasteiger partial charge in [-0.15, -0.1) is 24.0 Å². The summed E-state index contributed by atoms with van der Waals surface area (Å²) in [5.74, 6) is 0.144. The van der Waals surface area contributed by atoms with E-state index in [1.54, 1.807) is 12.1 Å². The monoisotopic (exact) mass is 525 g/mol. The van der Waals surface area contributed by atoms with Crippen LogP contribution in [0, 0.1) is 5.82 Å². The molecule has 162 valence electrons. The summed E-state index contributed by atoms with van der Waals surface area (Å²) in [5, 5.41) is 3.04. The second-order valence-corrected chi connectivity index (χ2v) is 7.04. The average molecular weight is 525 g/mol. The van der Waals surface area contributed by atoms with Crippen LogP contribution < -0.4 is 16.0 Å². The van der Waals surface area contributed by atoms with Gasteiger partial charge < -0.3 is 20.9 Å². The van der Waals surface area contributed by atoms with Gasteiger partial charge in [0.05, 0.1) is 6.54 Å². The summed E-state index contributed by atoms with van der Waals surface area (Å²) in [5.41, 5.74) is 9.04. The first-order valence-electron chi connectivity index (χ1n) is 9.99. The first-order chi connectivity index (χ1) is 14.0. The number of carbonyl (C=O) groups is 1. The van der Waals surface area contributed by atoms with E-state index in [-0.39, 0.29) is 35.7 Å². The lowest BCUT2D eigenvalue weighted by Gasteiger charge is -2.36. The van der Waals surface area contributed by atoms with Crippen molar-refractivity contribution >= 4 is 47.2 Å². The Bertz CT molecular complexity index is 834. The Labute approximate surface area is 194 Å². The fourth-order valence-corrected chi connectivity index (χ4v) is 3.31. The number of nitrogens with one attached hydrogen (secondary N) is 1. The molecule has 1 amide bonds. The number of benzene rings is 2. The van der Waals surface area contributed by atoms with E-state index in [1.807, 2.05) is 29.2 Å². The number of aliphatic imine (C=N–C) groups is 1. The van der Waals surface area contributed by atoms with Crippen LogP contribution >= 0.6 is 24.0 Å². The van der Waals surface area contributed by atoms with Gasteiger partial charge in [-0.25, -0.2) is 4.39 Å². The zero-order valence-electron chi connectivity index (χ0n) is 17.2. The van der Waals surface area contributed by atoms with Gasteiger partial charge in [-0.05, 0) is 48.4 Å². The Balaban J connectivity index is 0.00000320. The molecule has 0 unspecified atom stereocenters. The zero-order chi connectivity index (χ0) is 20.6. The number of anilines is 2. The lowest BCUT2D eigenvalue weighted by atomic mass is 10.1. The molecule has 0 radical (unpaired) electrons. The summed E-state index contributed by atoms with van der Waals surface area (Å²) >= 11 is 0. The van der Waals surface area contributed by atoms with Gasteiger partial charge in [-0.1, -0.05) is 19.1 Å². The molecule has 0 aromatic heterocycles. The van der Waals surface area contributed by atoms with Crippen LogP contribution in [0.1, 0.15) is 18.9 Å². The second-order valence-electron chi connectivity index (χ2n) is 7.04. The van der Waals surface area contributed by atoms with Gasteiger partial charge >= 0.3 is 0 Å². The van der Waals surface area contributed by atoms with E-state index in [0.717, 1.165) is 30.9 Å². The maximum Gasteiger partial charge on any atom is 0.224 e. The molecule has 0 bridgehead atoms. The molecule has 0 saturated carbocycles. The molecule has 1 aliphatic rings. The lowest BCUT2D eigenvalue weighted by Crippen LogP contribution is -2.48. The smallest absolute Gasteiger partial charge is 0.224 e. The molecule has 3 N–H and O–H groups in total. The van der Waals surface area contributed by atoms with Gasteiger partial charge in [-0.3, -0.25) is 9.79 Å². The molecule has 1 fully saturated rings. The van der Waals surface area contributed by atoms with Crippen LogP contribution in [-0.4, -0.2) is 49.5 Å². The lowest BCUT2D eigenvalue weighted by molar-refractivity contribution is -0.131. The van der Waals surface area contributed by atoms with Crippen LogP contribution in [0.2, 0.25) is 0 Å². The van der Waals surface area contributed by atoms with Crippen molar-refractivity contribution in [1.82, 2.24) is 4.90 Å². The summed E-state index contributed by atoms with van der Waals surface area (Å²) in [4.78, 5) is 20.7. The molecule has 30 heavy (non-hydrogen) atoms. The first kappa shape index (κ1) is 23.9. The third kappa shape index (κ3) is 6.86. The van der Waals surface area contributed by atoms with E-state index < -0.39 is 0 Å². The predicted octanol–water partition coefficient (Wildman–Crippen LogP) is 3.47. The molecule has 8 heteroatoms. The number of carbonyl (C=O) groups excluding carboxylic acids is 1. The van der Waals surface area contributed by atoms with E-state index in [2.05, 4.69) is 22.1 Å². The van der Waals surface area contributed by atoms with Crippen LogP contribution in [-0.2, 0) is 11.2 Å². The fraction of sp³-hybridized carbons (Fsp3) is 0.364. The Morgan fingerprint density at radius 2 is 1.70 bits per heavy atom.